The molecule has 37 heavy (non-hydrogen) atoms. The van der Waals surface area contributed by atoms with Crippen molar-refractivity contribution in [3.8, 4) is 11.5 Å². The fourth-order valence-electron chi connectivity index (χ4n) is 3.78. The van der Waals surface area contributed by atoms with E-state index in [4.69, 9.17) is 21.7 Å². The molecule has 0 spiro atoms. The Morgan fingerprint density at radius 2 is 1.78 bits per heavy atom. The minimum atomic E-state index is -1.07. The van der Waals surface area contributed by atoms with Crippen LogP contribution in [-0.4, -0.2) is 34.5 Å². The fraction of sp³-hybridized carbons (Fsp3) is 0.207. The summed E-state index contributed by atoms with van der Waals surface area (Å²) in [6.45, 7) is 5.09. The molecule has 0 aliphatic carbocycles. The number of aromatic carboxylic acids is 1. The average molecular weight is 534 g/mol. The number of rotatable bonds is 10. The number of hydrogen-bond donors (Lipinski definition) is 1. The van der Waals surface area contributed by atoms with Gasteiger partial charge in [0.2, 0.25) is 0 Å². The molecule has 1 N–H and O–H groups in total. The second-order valence-corrected chi connectivity index (χ2v) is 10.2. The molecule has 0 aromatic heterocycles. The highest BCUT2D eigenvalue weighted by Gasteiger charge is 2.33. The summed E-state index contributed by atoms with van der Waals surface area (Å²) in [4.78, 5) is 26.3. The normalized spacial score (nSPS) is 15.2. The molecule has 4 rings (SSSR count). The number of hydrogen-bond acceptors (Lipinski definition) is 6. The van der Waals surface area contributed by atoms with Crippen molar-refractivity contribution >= 4 is 51.9 Å². The first kappa shape index (κ1) is 26.4. The van der Waals surface area contributed by atoms with Crippen LogP contribution in [0.2, 0.25) is 0 Å². The van der Waals surface area contributed by atoms with E-state index in [-0.39, 0.29) is 11.5 Å². The maximum Gasteiger partial charge on any atom is 0.335 e. The standard InChI is InChI=1S/C29H27NO5S2/c1-3-19(2)20-11-13-24(14-12-20)34-15-16-35-25-10-5-4-7-21(25)18-26-27(31)30(29(36)37-26)23-9-6-8-22(17-23)28(32)33/h4-14,17-19H,3,15-16H2,1-2H3,(H,32,33)/b26-18-/t19-/m0/s1. The van der Waals surface area contributed by atoms with Gasteiger partial charge in [-0.05, 0) is 60.4 Å². The van der Waals surface area contributed by atoms with Crippen LogP contribution in [0.25, 0.3) is 6.08 Å². The Bertz CT molecular complexity index is 1340. The molecule has 1 amide bonds. The van der Waals surface area contributed by atoms with Gasteiger partial charge in [-0.2, -0.15) is 0 Å². The smallest absolute Gasteiger partial charge is 0.335 e. The zero-order valence-corrected chi connectivity index (χ0v) is 22.2. The fourth-order valence-corrected chi connectivity index (χ4v) is 5.07. The van der Waals surface area contributed by atoms with Gasteiger partial charge >= 0.3 is 5.97 Å². The predicted octanol–water partition coefficient (Wildman–Crippen LogP) is 6.76. The van der Waals surface area contributed by atoms with E-state index in [1.165, 1.54) is 34.4 Å². The number of benzene rings is 3. The molecule has 3 aromatic rings. The van der Waals surface area contributed by atoms with Gasteiger partial charge in [0, 0.05) is 5.56 Å². The highest BCUT2D eigenvalue weighted by molar-refractivity contribution is 8.27. The van der Waals surface area contributed by atoms with Crippen LogP contribution in [0.1, 0.15) is 47.7 Å². The molecule has 1 atom stereocenters. The van der Waals surface area contributed by atoms with Crippen LogP contribution in [0.15, 0.2) is 77.7 Å². The van der Waals surface area contributed by atoms with Crippen molar-refractivity contribution in [2.45, 2.75) is 26.2 Å². The maximum absolute atomic E-state index is 13.2. The highest BCUT2D eigenvalue weighted by Crippen LogP contribution is 2.37. The minimum absolute atomic E-state index is 0.0861. The number of carboxylic acids is 1. The third-order valence-corrected chi connectivity index (χ3v) is 7.32. The number of thioether (sulfide) groups is 1. The molecule has 0 bridgehead atoms. The summed E-state index contributed by atoms with van der Waals surface area (Å²) in [5, 5.41) is 9.28. The van der Waals surface area contributed by atoms with E-state index in [1.54, 1.807) is 18.2 Å². The van der Waals surface area contributed by atoms with Gasteiger partial charge < -0.3 is 14.6 Å². The SMILES string of the molecule is CC[C@H](C)c1ccc(OCCOc2ccccc2/C=C2\SC(=S)N(c3cccc(C(=O)O)c3)C2=O)cc1. The third kappa shape index (κ3) is 6.39. The third-order valence-electron chi connectivity index (χ3n) is 6.02. The quantitative estimate of drug-likeness (QED) is 0.175. The summed E-state index contributed by atoms with van der Waals surface area (Å²) in [5.74, 6) is 0.553. The maximum atomic E-state index is 13.2. The molecule has 0 unspecified atom stereocenters. The lowest BCUT2D eigenvalue weighted by Crippen LogP contribution is -2.27. The number of ether oxygens (including phenoxy) is 2. The molecule has 0 radical (unpaired) electrons. The van der Waals surface area contributed by atoms with Crippen molar-refractivity contribution < 1.29 is 24.2 Å². The van der Waals surface area contributed by atoms with Crippen LogP contribution in [-0.2, 0) is 4.79 Å². The number of nitrogens with zero attached hydrogens (tertiary/aromatic N) is 1. The summed E-state index contributed by atoms with van der Waals surface area (Å²) in [6.07, 6.45) is 2.83. The van der Waals surface area contributed by atoms with Crippen molar-refractivity contribution in [1.29, 1.82) is 0 Å². The van der Waals surface area contributed by atoms with E-state index < -0.39 is 5.97 Å². The van der Waals surface area contributed by atoms with Crippen LogP contribution < -0.4 is 14.4 Å². The zero-order valence-electron chi connectivity index (χ0n) is 20.5. The molecule has 1 fully saturated rings. The number of carbonyl (C=O) groups is 2. The summed E-state index contributed by atoms with van der Waals surface area (Å²) in [7, 11) is 0. The van der Waals surface area contributed by atoms with Crippen LogP contribution in [0.4, 0.5) is 5.69 Å². The largest absolute Gasteiger partial charge is 0.490 e. The van der Waals surface area contributed by atoms with E-state index in [9.17, 15) is 14.7 Å². The number of amides is 1. The van der Waals surface area contributed by atoms with Crippen LogP contribution in [0.5, 0.6) is 11.5 Å². The van der Waals surface area contributed by atoms with E-state index in [2.05, 4.69) is 26.0 Å². The van der Waals surface area contributed by atoms with Gasteiger partial charge in [-0.25, -0.2) is 4.79 Å². The number of anilines is 1. The first-order chi connectivity index (χ1) is 17.9. The molecule has 190 valence electrons. The molecule has 1 heterocycles. The van der Waals surface area contributed by atoms with E-state index >= 15 is 0 Å². The van der Waals surface area contributed by atoms with E-state index in [0.717, 1.165) is 17.7 Å². The van der Waals surface area contributed by atoms with E-state index in [0.29, 0.717) is 39.8 Å². The van der Waals surface area contributed by atoms with Gasteiger partial charge in [-0.1, -0.05) is 74.2 Å². The van der Waals surface area contributed by atoms with Gasteiger partial charge in [-0.3, -0.25) is 9.69 Å². The van der Waals surface area contributed by atoms with Crippen LogP contribution >= 0.6 is 24.0 Å². The van der Waals surface area contributed by atoms with Crippen molar-refractivity contribution in [1.82, 2.24) is 0 Å². The van der Waals surface area contributed by atoms with Crippen molar-refractivity contribution in [3.63, 3.8) is 0 Å². The minimum Gasteiger partial charge on any atom is -0.490 e. The molecule has 1 aliphatic heterocycles. The van der Waals surface area contributed by atoms with Crippen molar-refractivity contribution in [3.05, 3.63) is 94.4 Å². The summed E-state index contributed by atoms with van der Waals surface area (Å²) < 4.78 is 12.1. The van der Waals surface area contributed by atoms with E-state index in [1.807, 2.05) is 36.4 Å². The number of para-hydroxylation sites is 1. The van der Waals surface area contributed by atoms with Gasteiger partial charge in [-0.15, -0.1) is 0 Å². The Balaban J connectivity index is 1.41. The van der Waals surface area contributed by atoms with Crippen LogP contribution in [0.3, 0.4) is 0 Å². The second-order valence-electron chi connectivity index (χ2n) is 8.49. The first-order valence-electron chi connectivity index (χ1n) is 11.9. The molecule has 1 saturated heterocycles. The highest BCUT2D eigenvalue weighted by atomic mass is 32.2. The van der Waals surface area contributed by atoms with Gasteiger partial charge in [0.1, 0.15) is 24.7 Å². The van der Waals surface area contributed by atoms with Gasteiger partial charge in [0.05, 0.1) is 16.2 Å². The molecular formula is C29H27NO5S2. The molecule has 6 nitrogen and oxygen atoms in total. The summed E-state index contributed by atoms with van der Waals surface area (Å²) >= 11 is 6.59. The van der Waals surface area contributed by atoms with Gasteiger partial charge in [0.25, 0.3) is 5.91 Å². The number of carbonyl (C=O) groups excluding carboxylic acids is 1. The monoisotopic (exact) mass is 533 g/mol. The van der Waals surface area contributed by atoms with Crippen molar-refractivity contribution in [2.75, 3.05) is 18.1 Å². The lowest BCUT2D eigenvalue weighted by molar-refractivity contribution is -0.113. The molecule has 0 saturated carbocycles. The summed E-state index contributed by atoms with van der Waals surface area (Å²) in [5.41, 5.74) is 2.54. The van der Waals surface area contributed by atoms with Gasteiger partial charge in [0.15, 0.2) is 4.32 Å². The Hall–Kier alpha value is -3.62. The Morgan fingerprint density at radius 3 is 2.51 bits per heavy atom. The number of carboxylic acid groups (broad SMARTS) is 1. The van der Waals surface area contributed by atoms with Crippen LogP contribution in [0, 0.1) is 0 Å². The summed E-state index contributed by atoms with van der Waals surface area (Å²) in [6, 6.07) is 21.7. The molecule has 3 aromatic carbocycles. The molecular weight excluding hydrogens is 506 g/mol. The second kappa shape index (κ2) is 12.1. The Kier molecular flexibility index (Phi) is 8.63. The Labute approximate surface area is 225 Å². The van der Waals surface area contributed by atoms with Crippen molar-refractivity contribution in [2.24, 2.45) is 0 Å². The molecule has 8 heteroatoms. The lowest BCUT2D eigenvalue weighted by atomic mass is 9.99. The first-order valence-corrected chi connectivity index (χ1v) is 13.2. The number of thiocarbonyl (C=S) groups is 1. The average Bonchev–Trinajstić information content (AvgIpc) is 3.19. The predicted molar refractivity (Wildman–Crippen MR) is 152 cm³/mol. The zero-order chi connectivity index (χ0) is 26.4. The Morgan fingerprint density at radius 1 is 1.05 bits per heavy atom. The topological polar surface area (TPSA) is 76.1 Å². The molecule has 1 aliphatic rings. The lowest BCUT2D eigenvalue weighted by Gasteiger charge is -2.15.